The van der Waals surface area contributed by atoms with Crippen molar-refractivity contribution < 1.29 is 17.9 Å². The van der Waals surface area contributed by atoms with Crippen LogP contribution >= 0.6 is 0 Å². The third kappa shape index (κ3) is 4.53. The van der Waals surface area contributed by atoms with E-state index in [1.165, 1.54) is 36.4 Å². The molecule has 1 heterocycles. The Labute approximate surface area is 148 Å². The van der Waals surface area contributed by atoms with Crippen molar-refractivity contribution in [3.63, 3.8) is 0 Å². The maximum Gasteiger partial charge on any atom is 0.271 e. The lowest BCUT2D eigenvalue weighted by Gasteiger charge is -2.07. The fraction of sp³-hybridized carbons (Fsp3) is 0. The molecule has 0 bridgehead atoms. The maximum absolute atomic E-state index is 12.2. The largest absolute Gasteiger partial charge is 0.619 e. The average molecular weight is 370 g/mol. The number of aromatic nitrogens is 1. The highest BCUT2D eigenvalue weighted by atomic mass is 32.2. The quantitative estimate of drug-likeness (QED) is 0.330. The number of hydrogen-bond donors (Lipinski definition) is 2. The molecule has 1 aromatic heterocycles. The molecule has 0 saturated carbocycles. The lowest BCUT2D eigenvalue weighted by Crippen LogP contribution is -2.33. The number of nitrogens with one attached hydrogen (secondary N) is 2. The Morgan fingerprint density at radius 2 is 1.81 bits per heavy atom. The lowest BCUT2D eigenvalue weighted by molar-refractivity contribution is -0.605. The van der Waals surface area contributed by atoms with Gasteiger partial charge in [0.1, 0.15) is 17.7 Å². The molecule has 0 spiro atoms. The second-order valence-corrected chi connectivity index (χ2v) is 6.39. The Bertz CT molecular complexity index is 1030. The molecule has 1 aromatic carbocycles. The monoisotopic (exact) mass is 370 g/mol. The van der Waals surface area contributed by atoms with Gasteiger partial charge >= 0.3 is 0 Å². The van der Waals surface area contributed by atoms with Crippen molar-refractivity contribution in [2.24, 2.45) is 5.10 Å². The molecule has 0 radical (unpaired) electrons. The molecule has 2 N–H and O–H groups in total. The number of sulfonamides is 1. The molecule has 0 fully saturated rings. The van der Waals surface area contributed by atoms with Crippen molar-refractivity contribution in [1.82, 2.24) is 4.72 Å². The van der Waals surface area contributed by atoms with E-state index in [4.69, 9.17) is 10.5 Å². The predicted octanol–water partition coefficient (Wildman–Crippen LogP) is 0.254. The second kappa shape index (κ2) is 7.74. The van der Waals surface area contributed by atoms with E-state index in [2.05, 4.69) is 10.5 Å². The van der Waals surface area contributed by atoms with Crippen LogP contribution < -0.4 is 14.9 Å². The van der Waals surface area contributed by atoms with Crippen molar-refractivity contribution in [3.05, 3.63) is 59.6 Å². The van der Waals surface area contributed by atoms with Crippen LogP contribution in [0.4, 0.5) is 5.69 Å². The Balaban J connectivity index is 2.14. The summed E-state index contributed by atoms with van der Waals surface area (Å²) in [5, 5.41) is 31.8. The zero-order valence-corrected chi connectivity index (χ0v) is 13.8. The van der Waals surface area contributed by atoms with E-state index in [1.54, 1.807) is 12.1 Å². The molecule has 0 aliphatic heterocycles. The number of rotatable bonds is 5. The molecule has 130 valence electrons. The van der Waals surface area contributed by atoms with Gasteiger partial charge in [-0.2, -0.15) is 20.4 Å². The van der Waals surface area contributed by atoms with Gasteiger partial charge in [-0.15, -0.1) is 0 Å². The molecular formula is C15H10N6O4S. The summed E-state index contributed by atoms with van der Waals surface area (Å²) in [4.78, 5) is 11.8. The number of carbonyl (C=O) groups excluding carboxylic acids is 1. The van der Waals surface area contributed by atoms with E-state index in [-0.39, 0.29) is 10.5 Å². The Morgan fingerprint density at radius 1 is 1.15 bits per heavy atom. The van der Waals surface area contributed by atoms with Crippen molar-refractivity contribution in [2.45, 2.75) is 4.90 Å². The Kier molecular flexibility index (Phi) is 5.47. The first-order valence-corrected chi connectivity index (χ1v) is 8.34. The Hall–Kier alpha value is -3.96. The van der Waals surface area contributed by atoms with Crippen LogP contribution in [0.5, 0.6) is 0 Å². The first-order chi connectivity index (χ1) is 12.4. The average Bonchev–Trinajstić information content (AvgIpc) is 2.62. The van der Waals surface area contributed by atoms with Gasteiger partial charge in [0.15, 0.2) is 12.4 Å². The first kappa shape index (κ1) is 18.4. The SMILES string of the molecule is N#CC(C#N)=NNc1ccc(S(=O)(=O)NC(=O)c2ccc[n+]([O-])c2)cc1. The van der Waals surface area contributed by atoms with Gasteiger partial charge in [0.2, 0.25) is 5.71 Å². The van der Waals surface area contributed by atoms with Crippen LogP contribution in [0.3, 0.4) is 0 Å². The lowest BCUT2D eigenvalue weighted by atomic mass is 10.3. The van der Waals surface area contributed by atoms with E-state index in [0.717, 1.165) is 12.4 Å². The molecule has 11 heteroatoms. The normalized spacial score (nSPS) is 10.1. The molecule has 2 aromatic rings. The highest BCUT2D eigenvalue weighted by molar-refractivity contribution is 7.90. The second-order valence-electron chi connectivity index (χ2n) is 4.71. The number of amides is 1. The molecule has 0 saturated heterocycles. The van der Waals surface area contributed by atoms with Gasteiger partial charge in [0.05, 0.1) is 10.6 Å². The van der Waals surface area contributed by atoms with E-state index in [0.29, 0.717) is 10.4 Å². The maximum atomic E-state index is 12.2. The van der Waals surface area contributed by atoms with Gasteiger partial charge in [-0.3, -0.25) is 10.2 Å². The number of carbonyl (C=O) groups is 1. The van der Waals surface area contributed by atoms with E-state index < -0.39 is 21.6 Å². The summed E-state index contributed by atoms with van der Waals surface area (Å²) in [6, 6.07) is 10.8. The zero-order chi connectivity index (χ0) is 19.2. The summed E-state index contributed by atoms with van der Waals surface area (Å²) in [5.41, 5.74) is 2.24. The summed E-state index contributed by atoms with van der Waals surface area (Å²) >= 11 is 0. The van der Waals surface area contributed by atoms with E-state index >= 15 is 0 Å². The van der Waals surface area contributed by atoms with Gasteiger partial charge in [0, 0.05) is 6.07 Å². The molecule has 10 nitrogen and oxygen atoms in total. The Morgan fingerprint density at radius 3 is 2.38 bits per heavy atom. The zero-order valence-electron chi connectivity index (χ0n) is 12.9. The minimum Gasteiger partial charge on any atom is -0.619 e. The van der Waals surface area contributed by atoms with Gasteiger partial charge in [0.25, 0.3) is 15.9 Å². The molecule has 1 amide bonds. The number of nitriles is 2. The highest BCUT2D eigenvalue weighted by Crippen LogP contribution is 2.14. The van der Waals surface area contributed by atoms with Gasteiger partial charge in [-0.1, -0.05) is 0 Å². The third-order valence-electron chi connectivity index (χ3n) is 2.94. The van der Waals surface area contributed by atoms with Crippen molar-refractivity contribution >= 4 is 27.3 Å². The van der Waals surface area contributed by atoms with Crippen molar-refractivity contribution in [3.8, 4) is 12.1 Å². The van der Waals surface area contributed by atoms with Crippen LogP contribution in [-0.4, -0.2) is 20.0 Å². The number of nitrogens with zero attached hydrogens (tertiary/aromatic N) is 4. The number of pyridine rings is 1. The molecule has 26 heavy (non-hydrogen) atoms. The van der Waals surface area contributed by atoms with Crippen LogP contribution in [0.1, 0.15) is 10.4 Å². The van der Waals surface area contributed by atoms with E-state index in [1.807, 2.05) is 4.72 Å². The molecular weight excluding hydrogens is 360 g/mol. The van der Waals surface area contributed by atoms with Crippen molar-refractivity contribution in [1.29, 1.82) is 10.5 Å². The third-order valence-corrected chi connectivity index (χ3v) is 4.28. The summed E-state index contributed by atoms with van der Waals surface area (Å²) in [6.45, 7) is 0. The number of hydrazone groups is 1. The minimum atomic E-state index is -4.16. The molecule has 0 unspecified atom stereocenters. The number of anilines is 1. The summed E-state index contributed by atoms with van der Waals surface area (Å²) in [5.74, 6) is -0.949. The minimum absolute atomic E-state index is 0.112. The highest BCUT2D eigenvalue weighted by Gasteiger charge is 2.19. The van der Waals surface area contributed by atoms with Gasteiger partial charge < -0.3 is 5.21 Å². The smallest absolute Gasteiger partial charge is 0.271 e. The van der Waals surface area contributed by atoms with Crippen LogP contribution in [0.2, 0.25) is 0 Å². The van der Waals surface area contributed by atoms with Gasteiger partial charge in [-0.05, 0) is 30.3 Å². The van der Waals surface area contributed by atoms with Crippen molar-refractivity contribution in [2.75, 3.05) is 5.43 Å². The summed E-state index contributed by atoms with van der Waals surface area (Å²) < 4.78 is 26.7. The summed E-state index contributed by atoms with van der Waals surface area (Å²) in [7, 11) is -4.16. The molecule has 0 aliphatic carbocycles. The molecule has 2 rings (SSSR count). The number of hydrogen-bond acceptors (Lipinski definition) is 8. The fourth-order valence-corrected chi connectivity index (χ4v) is 2.71. The van der Waals surface area contributed by atoms with E-state index in [9.17, 15) is 18.4 Å². The van der Waals surface area contributed by atoms with Crippen LogP contribution in [0.15, 0.2) is 58.8 Å². The first-order valence-electron chi connectivity index (χ1n) is 6.85. The predicted molar refractivity (Wildman–Crippen MR) is 88.8 cm³/mol. The topological polar surface area (TPSA) is 162 Å². The molecule has 0 aliphatic rings. The summed E-state index contributed by atoms with van der Waals surface area (Å²) in [6.07, 6.45) is 2.10. The fourth-order valence-electron chi connectivity index (χ4n) is 1.73. The standard InChI is InChI=1S/C15H10N6O4S/c16-8-13(9-17)19-18-12-3-5-14(6-4-12)26(24,25)20-15(22)11-2-1-7-21(23)10-11/h1-7,10,18H,(H,20,22). The van der Waals surface area contributed by atoms with Gasteiger partial charge in [-0.25, -0.2) is 13.1 Å². The molecule has 0 atom stereocenters. The van der Waals surface area contributed by atoms with Crippen LogP contribution in [0, 0.1) is 27.9 Å². The van der Waals surface area contributed by atoms with Crippen LogP contribution in [-0.2, 0) is 10.0 Å². The number of benzene rings is 1. The van der Waals surface area contributed by atoms with Crippen LogP contribution in [0.25, 0.3) is 0 Å².